The van der Waals surface area contributed by atoms with Gasteiger partial charge in [0, 0.05) is 5.54 Å². The van der Waals surface area contributed by atoms with E-state index < -0.39 is 5.60 Å². The maximum Gasteiger partial charge on any atom is 0.408 e. The molecule has 0 aromatic carbocycles. The van der Waals surface area contributed by atoms with E-state index in [2.05, 4.69) is 5.32 Å². The molecule has 1 amide bonds. The van der Waals surface area contributed by atoms with Crippen molar-refractivity contribution in [3.05, 3.63) is 0 Å². The molecule has 0 bridgehead atoms. The summed E-state index contributed by atoms with van der Waals surface area (Å²) in [5.74, 6) is 0. The Hall–Kier alpha value is -0.770. The fourth-order valence-electron chi connectivity index (χ4n) is 2.62. The van der Waals surface area contributed by atoms with Gasteiger partial charge in [-0.15, -0.1) is 0 Å². The number of carbonyl (C=O) groups is 1. The quantitative estimate of drug-likeness (QED) is 0.743. The Kier molecular flexibility index (Phi) is 5.45. The third-order valence-corrected chi connectivity index (χ3v) is 3.44. The zero-order chi connectivity index (χ0) is 13.6. The Balaban J connectivity index is 2.49. The van der Waals surface area contributed by atoms with Crippen LogP contribution >= 0.6 is 0 Å². The lowest BCUT2D eigenvalue weighted by molar-refractivity contribution is 0.0449. The first-order chi connectivity index (χ1) is 8.37. The van der Waals surface area contributed by atoms with Crippen molar-refractivity contribution in [2.45, 2.75) is 76.9 Å². The highest BCUT2D eigenvalue weighted by Crippen LogP contribution is 2.34. The first kappa shape index (κ1) is 15.3. The first-order valence-electron chi connectivity index (χ1n) is 7.08. The molecular weight excluding hydrogens is 228 g/mol. The minimum absolute atomic E-state index is 0.0441. The lowest BCUT2D eigenvalue weighted by Crippen LogP contribution is -2.48. The van der Waals surface area contributed by atoms with Gasteiger partial charge in [-0.05, 0) is 59.4 Å². The summed E-state index contributed by atoms with van der Waals surface area (Å²) in [4.78, 5) is 11.9. The molecule has 18 heavy (non-hydrogen) atoms. The van der Waals surface area contributed by atoms with E-state index in [4.69, 9.17) is 10.5 Å². The van der Waals surface area contributed by atoms with E-state index in [-0.39, 0.29) is 11.6 Å². The number of nitrogens with one attached hydrogen (secondary N) is 1. The molecule has 1 aliphatic rings. The Morgan fingerprint density at radius 2 is 1.89 bits per heavy atom. The number of amides is 1. The number of hydrogen-bond donors (Lipinski definition) is 2. The number of unbranched alkanes of at least 4 members (excludes halogenated alkanes) is 1. The Morgan fingerprint density at radius 1 is 1.28 bits per heavy atom. The number of carbonyl (C=O) groups excluding carboxylic acids is 1. The van der Waals surface area contributed by atoms with Crippen molar-refractivity contribution in [1.29, 1.82) is 0 Å². The van der Waals surface area contributed by atoms with Crippen molar-refractivity contribution in [1.82, 2.24) is 5.32 Å². The van der Waals surface area contributed by atoms with Gasteiger partial charge >= 0.3 is 6.09 Å². The van der Waals surface area contributed by atoms with Crippen LogP contribution in [-0.4, -0.2) is 23.8 Å². The largest absolute Gasteiger partial charge is 0.444 e. The van der Waals surface area contributed by atoms with Gasteiger partial charge in [0.1, 0.15) is 5.60 Å². The lowest BCUT2D eigenvalue weighted by atomic mass is 9.91. The molecule has 1 fully saturated rings. The normalized spacial score (nSPS) is 18.7. The van der Waals surface area contributed by atoms with Crippen molar-refractivity contribution in [2.75, 3.05) is 6.54 Å². The standard InChI is InChI=1S/C14H28N2O2/c1-13(2,3)18-12(17)16-14(8-4-5-9-14)10-6-7-11-15/h4-11,15H2,1-3H3,(H,16,17). The van der Waals surface area contributed by atoms with Gasteiger partial charge in [-0.2, -0.15) is 0 Å². The summed E-state index contributed by atoms with van der Waals surface area (Å²) in [5.41, 5.74) is 5.06. The van der Waals surface area contributed by atoms with Gasteiger partial charge in [0.2, 0.25) is 0 Å². The van der Waals surface area contributed by atoms with Crippen LogP contribution in [-0.2, 0) is 4.74 Å². The summed E-state index contributed by atoms with van der Waals surface area (Å²) in [6.45, 7) is 6.40. The molecule has 106 valence electrons. The predicted octanol–water partition coefficient (Wildman–Crippen LogP) is 2.95. The van der Waals surface area contributed by atoms with Crippen molar-refractivity contribution in [2.24, 2.45) is 5.73 Å². The minimum Gasteiger partial charge on any atom is -0.444 e. The second-order valence-corrected chi connectivity index (χ2v) is 6.36. The van der Waals surface area contributed by atoms with E-state index >= 15 is 0 Å². The van der Waals surface area contributed by atoms with Crippen LogP contribution in [0.4, 0.5) is 4.79 Å². The van der Waals surface area contributed by atoms with Gasteiger partial charge in [0.15, 0.2) is 0 Å². The molecule has 0 aromatic rings. The van der Waals surface area contributed by atoms with Crippen LogP contribution in [0.15, 0.2) is 0 Å². The molecule has 1 saturated carbocycles. The van der Waals surface area contributed by atoms with Gasteiger partial charge in [0.25, 0.3) is 0 Å². The number of hydrogen-bond acceptors (Lipinski definition) is 3. The molecule has 0 heterocycles. The SMILES string of the molecule is CC(C)(C)OC(=O)NC1(CCCCN)CCCC1. The molecule has 0 aliphatic heterocycles. The van der Waals surface area contributed by atoms with Gasteiger partial charge in [-0.1, -0.05) is 12.8 Å². The Bertz CT molecular complexity index is 265. The second kappa shape index (κ2) is 6.41. The van der Waals surface area contributed by atoms with Crippen LogP contribution in [0.25, 0.3) is 0 Å². The molecule has 4 nitrogen and oxygen atoms in total. The minimum atomic E-state index is -0.429. The summed E-state index contributed by atoms with van der Waals surface area (Å²) < 4.78 is 5.36. The lowest BCUT2D eigenvalue weighted by Gasteiger charge is -2.32. The Morgan fingerprint density at radius 3 is 2.39 bits per heavy atom. The fourth-order valence-corrected chi connectivity index (χ4v) is 2.62. The van der Waals surface area contributed by atoms with Crippen LogP contribution < -0.4 is 11.1 Å². The molecule has 0 spiro atoms. The van der Waals surface area contributed by atoms with Gasteiger partial charge in [-0.3, -0.25) is 0 Å². The molecule has 4 heteroatoms. The molecule has 1 rings (SSSR count). The van der Waals surface area contributed by atoms with Gasteiger partial charge < -0.3 is 15.8 Å². The number of rotatable bonds is 5. The maximum absolute atomic E-state index is 11.9. The monoisotopic (exact) mass is 256 g/mol. The van der Waals surface area contributed by atoms with E-state index in [1.54, 1.807) is 0 Å². The highest BCUT2D eigenvalue weighted by Gasteiger charge is 2.35. The summed E-state index contributed by atoms with van der Waals surface area (Å²) in [5, 5.41) is 3.11. The van der Waals surface area contributed by atoms with E-state index in [9.17, 15) is 4.79 Å². The van der Waals surface area contributed by atoms with Crippen molar-refractivity contribution < 1.29 is 9.53 Å². The summed E-state index contributed by atoms with van der Waals surface area (Å²) >= 11 is 0. The average Bonchev–Trinajstić information content (AvgIpc) is 2.64. The smallest absolute Gasteiger partial charge is 0.408 e. The van der Waals surface area contributed by atoms with Crippen molar-refractivity contribution in [3.8, 4) is 0 Å². The molecule has 0 atom stereocenters. The van der Waals surface area contributed by atoms with E-state index in [1.165, 1.54) is 12.8 Å². The maximum atomic E-state index is 11.9. The molecular formula is C14H28N2O2. The second-order valence-electron chi connectivity index (χ2n) is 6.36. The van der Waals surface area contributed by atoms with Crippen LogP contribution in [0, 0.1) is 0 Å². The predicted molar refractivity (Wildman–Crippen MR) is 73.5 cm³/mol. The molecule has 0 aromatic heterocycles. The summed E-state index contributed by atoms with van der Waals surface area (Å²) in [7, 11) is 0. The van der Waals surface area contributed by atoms with Crippen molar-refractivity contribution >= 4 is 6.09 Å². The Labute approximate surface area is 111 Å². The third-order valence-electron chi connectivity index (χ3n) is 3.44. The van der Waals surface area contributed by atoms with Gasteiger partial charge in [-0.25, -0.2) is 4.79 Å². The fraction of sp³-hybridized carbons (Fsp3) is 0.929. The molecule has 0 unspecified atom stereocenters. The summed E-state index contributed by atoms with van der Waals surface area (Å²) in [6, 6.07) is 0. The highest BCUT2D eigenvalue weighted by atomic mass is 16.6. The van der Waals surface area contributed by atoms with Crippen LogP contribution in [0.3, 0.4) is 0 Å². The van der Waals surface area contributed by atoms with Crippen molar-refractivity contribution in [3.63, 3.8) is 0 Å². The number of nitrogens with two attached hydrogens (primary N) is 1. The molecule has 3 N–H and O–H groups in total. The van der Waals surface area contributed by atoms with Crippen LogP contribution in [0.5, 0.6) is 0 Å². The number of ether oxygens (including phenoxy) is 1. The third kappa shape index (κ3) is 5.25. The average molecular weight is 256 g/mol. The van der Waals surface area contributed by atoms with E-state index in [0.29, 0.717) is 0 Å². The zero-order valence-electron chi connectivity index (χ0n) is 12.1. The van der Waals surface area contributed by atoms with Crippen LogP contribution in [0.2, 0.25) is 0 Å². The first-order valence-corrected chi connectivity index (χ1v) is 7.08. The number of alkyl carbamates (subject to hydrolysis) is 1. The summed E-state index contributed by atoms with van der Waals surface area (Å²) in [6.07, 6.45) is 7.36. The van der Waals surface area contributed by atoms with Crippen LogP contribution in [0.1, 0.15) is 65.7 Å². The molecule has 0 saturated heterocycles. The van der Waals surface area contributed by atoms with E-state index in [0.717, 1.165) is 38.6 Å². The van der Waals surface area contributed by atoms with Gasteiger partial charge in [0.05, 0.1) is 0 Å². The highest BCUT2D eigenvalue weighted by molar-refractivity contribution is 5.68. The molecule has 0 radical (unpaired) electrons. The molecule has 1 aliphatic carbocycles. The zero-order valence-corrected chi connectivity index (χ0v) is 12.1. The topological polar surface area (TPSA) is 64.3 Å². The van der Waals surface area contributed by atoms with E-state index in [1.807, 2.05) is 20.8 Å².